The van der Waals surface area contributed by atoms with Crippen molar-refractivity contribution in [1.82, 2.24) is 14.5 Å². The zero-order valence-electron chi connectivity index (χ0n) is 33.2. The number of fused-ring (bicyclic) bond motifs is 7. The Morgan fingerprint density at radius 1 is 0.311 bits per heavy atom. The summed E-state index contributed by atoms with van der Waals surface area (Å²) in [4.78, 5) is 10.4. The molecular formula is C58H37N3. The number of benzene rings is 10. The molecule has 0 unspecified atom stereocenters. The van der Waals surface area contributed by atoms with Crippen LogP contribution < -0.4 is 0 Å². The Kier molecular flexibility index (Phi) is 8.17. The molecule has 12 aromatic rings. The van der Waals surface area contributed by atoms with E-state index in [4.69, 9.17) is 9.97 Å². The first kappa shape index (κ1) is 34.9. The number of para-hydroxylation sites is 3. The highest BCUT2D eigenvalue weighted by Crippen LogP contribution is 2.41. The fraction of sp³-hybridized carbons (Fsp3) is 0. The second-order valence-electron chi connectivity index (χ2n) is 15.7. The van der Waals surface area contributed by atoms with Crippen LogP contribution in [-0.2, 0) is 0 Å². The molecule has 0 spiro atoms. The summed E-state index contributed by atoms with van der Waals surface area (Å²) in [5.74, 6) is 0.692. The predicted molar refractivity (Wildman–Crippen MR) is 256 cm³/mol. The van der Waals surface area contributed by atoms with Crippen LogP contribution in [0.3, 0.4) is 0 Å². The average Bonchev–Trinajstić information content (AvgIpc) is 3.68. The molecule has 0 fully saturated rings. The maximum Gasteiger partial charge on any atom is 0.160 e. The fourth-order valence-electron chi connectivity index (χ4n) is 9.32. The van der Waals surface area contributed by atoms with Gasteiger partial charge in [0, 0.05) is 38.7 Å². The zero-order valence-corrected chi connectivity index (χ0v) is 33.2. The molecule has 0 amide bonds. The number of aromatic nitrogens is 3. The minimum Gasteiger partial charge on any atom is -0.309 e. The van der Waals surface area contributed by atoms with Crippen molar-refractivity contribution >= 4 is 54.1 Å². The van der Waals surface area contributed by atoms with Gasteiger partial charge in [-0.05, 0) is 79.3 Å². The Labute approximate surface area is 353 Å². The summed E-state index contributed by atoms with van der Waals surface area (Å²) in [5.41, 5.74) is 13.1. The van der Waals surface area contributed by atoms with Crippen molar-refractivity contribution in [2.24, 2.45) is 0 Å². The molecule has 2 heterocycles. The van der Waals surface area contributed by atoms with Crippen LogP contribution in [0.1, 0.15) is 0 Å². The van der Waals surface area contributed by atoms with Gasteiger partial charge in [0.1, 0.15) is 0 Å². The van der Waals surface area contributed by atoms with E-state index in [1.54, 1.807) is 0 Å². The van der Waals surface area contributed by atoms with Gasteiger partial charge in [-0.3, -0.25) is 0 Å². The molecule has 0 aliphatic carbocycles. The number of rotatable bonds is 6. The van der Waals surface area contributed by atoms with E-state index in [-0.39, 0.29) is 0 Å². The molecule has 3 nitrogen and oxygen atoms in total. The van der Waals surface area contributed by atoms with Gasteiger partial charge in [0.2, 0.25) is 0 Å². The minimum atomic E-state index is 0.692. The lowest BCUT2D eigenvalue weighted by Crippen LogP contribution is -1.96. The third kappa shape index (κ3) is 5.90. The molecule has 0 aliphatic heterocycles. The molecule has 0 N–H and O–H groups in total. The van der Waals surface area contributed by atoms with Crippen LogP contribution in [0.25, 0.3) is 116 Å². The Balaban J connectivity index is 0.967. The van der Waals surface area contributed by atoms with Gasteiger partial charge in [-0.25, -0.2) is 9.97 Å². The predicted octanol–water partition coefficient (Wildman–Crippen LogP) is 15.4. The molecule has 0 atom stereocenters. The van der Waals surface area contributed by atoms with Gasteiger partial charge >= 0.3 is 0 Å². The van der Waals surface area contributed by atoms with Crippen LogP contribution in [0.15, 0.2) is 224 Å². The Morgan fingerprint density at radius 3 is 1.66 bits per heavy atom. The maximum atomic E-state index is 5.26. The Bertz CT molecular complexity index is 3610. The molecule has 0 aliphatic rings. The van der Waals surface area contributed by atoms with E-state index in [1.807, 2.05) is 6.07 Å². The molecule has 0 saturated heterocycles. The summed E-state index contributed by atoms with van der Waals surface area (Å²) >= 11 is 0. The Hall–Kier alpha value is -8.14. The maximum absolute atomic E-state index is 5.26. The van der Waals surface area contributed by atoms with Crippen molar-refractivity contribution in [3.8, 4) is 61.8 Å². The van der Waals surface area contributed by atoms with Crippen molar-refractivity contribution in [3.05, 3.63) is 224 Å². The lowest BCUT2D eigenvalue weighted by Gasteiger charge is -2.15. The fourth-order valence-corrected chi connectivity index (χ4v) is 9.32. The summed E-state index contributed by atoms with van der Waals surface area (Å²) < 4.78 is 2.40. The lowest BCUT2D eigenvalue weighted by atomic mass is 9.89. The molecule has 0 radical (unpaired) electrons. The quantitative estimate of drug-likeness (QED) is 0.124. The molecule has 284 valence electrons. The van der Waals surface area contributed by atoms with Gasteiger partial charge in [-0.1, -0.05) is 194 Å². The lowest BCUT2D eigenvalue weighted by molar-refractivity contribution is 1.18. The van der Waals surface area contributed by atoms with E-state index in [2.05, 4.69) is 223 Å². The smallest absolute Gasteiger partial charge is 0.160 e. The molecule has 2 aromatic heterocycles. The summed E-state index contributed by atoms with van der Waals surface area (Å²) in [6.07, 6.45) is 0. The molecular weight excluding hydrogens is 739 g/mol. The van der Waals surface area contributed by atoms with E-state index in [1.165, 1.54) is 65.3 Å². The van der Waals surface area contributed by atoms with Crippen LogP contribution in [-0.4, -0.2) is 14.5 Å². The van der Waals surface area contributed by atoms with Crippen LogP contribution in [0.5, 0.6) is 0 Å². The van der Waals surface area contributed by atoms with Gasteiger partial charge in [0.25, 0.3) is 0 Å². The number of nitrogens with zero attached hydrogens (tertiary/aromatic N) is 3. The number of hydrogen-bond acceptors (Lipinski definition) is 2. The van der Waals surface area contributed by atoms with E-state index in [0.717, 1.165) is 44.9 Å². The highest BCUT2D eigenvalue weighted by atomic mass is 15.0. The second kappa shape index (κ2) is 14.3. The first-order chi connectivity index (χ1) is 30.2. The minimum absolute atomic E-state index is 0.692. The van der Waals surface area contributed by atoms with Crippen LogP contribution in [0.2, 0.25) is 0 Å². The molecule has 0 saturated carbocycles. The number of hydrogen-bond donors (Lipinski definition) is 0. The van der Waals surface area contributed by atoms with E-state index in [9.17, 15) is 0 Å². The van der Waals surface area contributed by atoms with Gasteiger partial charge in [0.15, 0.2) is 5.82 Å². The summed E-state index contributed by atoms with van der Waals surface area (Å²) in [5, 5.41) is 9.98. The van der Waals surface area contributed by atoms with E-state index < -0.39 is 0 Å². The SMILES string of the molecule is c1ccc(-c2cc(-c3ccc(-c4cccc5c6ccccc6n(-c6ccccc6)c45)cc3)nc(-c3ccc(-c4c5ccccc5cc5c4ccc4ccccc45)cc3)n2)cc1. The van der Waals surface area contributed by atoms with Crippen molar-refractivity contribution < 1.29 is 0 Å². The molecule has 10 aromatic carbocycles. The molecule has 0 bridgehead atoms. The van der Waals surface area contributed by atoms with Crippen molar-refractivity contribution in [1.29, 1.82) is 0 Å². The Morgan fingerprint density at radius 2 is 0.885 bits per heavy atom. The highest BCUT2D eigenvalue weighted by Gasteiger charge is 2.18. The third-order valence-corrected chi connectivity index (χ3v) is 12.2. The van der Waals surface area contributed by atoms with Gasteiger partial charge in [0.05, 0.1) is 22.4 Å². The second-order valence-corrected chi connectivity index (χ2v) is 15.7. The normalized spacial score (nSPS) is 11.6. The third-order valence-electron chi connectivity index (χ3n) is 12.2. The zero-order chi connectivity index (χ0) is 40.3. The van der Waals surface area contributed by atoms with Crippen LogP contribution >= 0.6 is 0 Å². The summed E-state index contributed by atoms with van der Waals surface area (Å²) in [7, 11) is 0. The summed E-state index contributed by atoms with van der Waals surface area (Å²) in [6.45, 7) is 0. The largest absolute Gasteiger partial charge is 0.309 e. The van der Waals surface area contributed by atoms with Crippen molar-refractivity contribution in [2.45, 2.75) is 0 Å². The first-order valence-corrected chi connectivity index (χ1v) is 20.8. The first-order valence-electron chi connectivity index (χ1n) is 20.8. The highest BCUT2D eigenvalue weighted by molar-refractivity contribution is 6.20. The molecule has 12 rings (SSSR count). The van der Waals surface area contributed by atoms with Crippen molar-refractivity contribution in [3.63, 3.8) is 0 Å². The average molecular weight is 776 g/mol. The van der Waals surface area contributed by atoms with E-state index >= 15 is 0 Å². The van der Waals surface area contributed by atoms with Crippen LogP contribution in [0.4, 0.5) is 0 Å². The van der Waals surface area contributed by atoms with E-state index in [0.29, 0.717) is 5.82 Å². The topological polar surface area (TPSA) is 30.7 Å². The molecule has 61 heavy (non-hydrogen) atoms. The van der Waals surface area contributed by atoms with Crippen LogP contribution in [0, 0.1) is 0 Å². The summed E-state index contributed by atoms with van der Waals surface area (Å²) in [6, 6.07) is 80.4. The standard InChI is InChI=1S/C58H37N3/c1-3-15-40(16-4-1)53-37-54(41-28-26-39(27-29-41)48-23-13-24-51-49-22-11-12-25-55(49)61(57(48)51)45-18-5-2-6-19-45)60-58(59-53)43-32-30-42(31-33-43)56-47-21-10-8-17-44(47)36-52-46-20-9-7-14-38(46)34-35-50(52)56/h1-37H. The van der Waals surface area contributed by atoms with Gasteiger partial charge in [-0.2, -0.15) is 0 Å². The van der Waals surface area contributed by atoms with Gasteiger partial charge < -0.3 is 4.57 Å². The monoisotopic (exact) mass is 775 g/mol. The molecule has 3 heteroatoms. The van der Waals surface area contributed by atoms with Crippen molar-refractivity contribution in [2.75, 3.05) is 0 Å². The van der Waals surface area contributed by atoms with Gasteiger partial charge in [-0.15, -0.1) is 0 Å².